The first-order valence-electron chi connectivity index (χ1n) is 6.45. The van der Waals surface area contributed by atoms with Crippen LogP contribution in [0.3, 0.4) is 0 Å². The van der Waals surface area contributed by atoms with Gasteiger partial charge in [0.25, 0.3) is 0 Å². The lowest BCUT2D eigenvalue weighted by atomic mass is 10.4. The van der Waals surface area contributed by atoms with E-state index in [4.69, 9.17) is 0 Å². The molecule has 1 saturated carbocycles. The maximum atomic E-state index is 12.2. The minimum atomic E-state index is -3.27. The summed E-state index contributed by atoms with van der Waals surface area (Å²) in [6.07, 6.45) is 2.19. The molecule has 6 nitrogen and oxygen atoms in total. The topological polar surface area (TPSA) is 77.7 Å². The molecular weight excluding hydrogens is 376 g/mol. The van der Waals surface area contributed by atoms with E-state index < -0.39 is 9.84 Å². The summed E-state index contributed by atoms with van der Waals surface area (Å²) in [7, 11) is -3.27. The smallest absolute Gasteiger partial charge is 0.209 e. The van der Waals surface area contributed by atoms with E-state index in [0.29, 0.717) is 21.8 Å². The van der Waals surface area contributed by atoms with Gasteiger partial charge in [0.05, 0.1) is 16.7 Å². The third-order valence-electron chi connectivity index (χ3n) is 3.11. The van der Waals surface area contributed by atoms with Gasteiger partial charge >= 0.3 is 0 Å². The fourth-order valence-corrected chi connectivity index (χ4v) is 4.69. The average Bonchev–Trinajstić information content (AvgIpc) is 3.19. The number of benzene rings is 1. The molecule has 0 amide bonds. The molecule has 1 aromatic carbocycles. The Morgan fingerprint density at radius 2 is 2.00 bits per heavy atom. The molecule has 9 heteroatoms. The molecule has 1 aliphatic rings. The van der Waals surface area contributed by atoms with Crippen LogP contribution in [0.15, 0.2) is 38.8 Å². The zero-order valence-corrected chi connectivity index (χ0v) is 14.2. The van der Waals surface area contributed by atoms with E-state index in [9.17, 15) is 8.42 Å². The van der Waals surface area contributed by atoms with E-state index in [1.807, 2.05) is 0 Å². The number of thioether (sulfide) groups is 1. The number of aromatic nitrogens is 4. The zero-order valence-electron chi connectivity index (χ0n) is 11.0. The van der Waals surface area contributed by atoms with Gasteiger partial charge in [-0.15, -0.1) is 5.10 Å². The van der Waals surface area contributed by atoms with Crippen LogP contribution in [0.1, 0.15) is 18.9 Å². The first-order chi connectivity index (χ1) is 10.1. The summed E-state index contributed by atoms with van der Waals surface area (Å²) in [6, 6.07) is 7.07. The first-order valence-corrected chi connectivity index (χ1v) is 9.88. The standard InChI is InChI=1S/C12H13BrN4O2S2/c13-9-1-5-11(6-2-9)21(18,19)8-7-20-12-14-15-16-17(12)10-3-4-10/h1-2,5-6,10H,3-4,7-8H2. The van der Waals surface area contributed by atoms with Crippen molar-refractivity contribution >= 4 is 37.5 Å². The molecule has 112 valence electrons. The van der Waals surface area contributed by atoms with Gasteiger partial charge in [-0.25, -0.2) is 13.1 Å². The molecule has 21 heavy (non-hydrogen) atoms. The van der Waals surface area contributed by atoms with E-state index in [2.05, 4.69) is 31.5 Å². The normalized spacial score (nSPS) is 15.3. The van der Waals surface area contributed by atoms with E-state index in [-0.39, 0.29) is 5.75 Å². The van der Waals surface area contributed by atoms with Gasteiger partial charge in [0.15, 0.2) is 9.84 Å². The first kappa shape index (κ1) is 15.0. The number of halogens is 1. The van der Waals surface area contributed by atoms with Crippen molar-refractivity contribution in [3.05, 3.63) is 28.7 Å². The highest BCUT2D eigenvalue weighted by Gasteiger charge is 2.28. The van der Waals surface area contributed by atoms with Crippen LogP contribution in [0.4, 0.5) is 0 Å². The van der Waals surface area contributed by atoms with Crippen LogP contribution >= 0.6 is 27.7 Å². The second-order valence-electron chi connectivity index (χ2n) is 4.76. The summed E-state index contributed by atoms with van der Waals surface area (Å²) in [5.74, 6) is 0.502. The van der Waals surface area contributed by atoms with Crippen LogP contribution in [0.2, 0.25) is 0 Å². The maximum Gasteiger partial charge on any atom is 0.209 e. The highest BCUT2D eigenvalue weighted by atomic mass is 79.9. The number of hydrogen-bond donors (Lipinski definition) is 0. The summed E-state index contributed by atoms with van der Waals surface area (Å²) in [5, 5.41) is 12.2. The predicted octanol–water partition coefficient (Wildman–Crippen LogP) is 2.34. The van der Waals surface area contributed by atoms with Crippen molar-refractivity contribution in [2.45, 2.75) is 28.9 Å². The molecule has 0 radical (unpaired) electrons. The van der Waals surface area contributed by atoms with Crippen LogP contribution < -0.4 is 0 Å². The van der Waals surface area contributed by atoms with E-state index in [0.717, 1.165) is 17.3 Å². The molecule has 0 saturated heterocycles. The molecule has 1 aliphatic carbocycles. The molecule has 0 atom stereocenters. The lowest BCUT2D eigenvalue weighted by Gasteiger charge is -2.05. The van der Waals surface area contributed by atoms with Gasteiger partial charge in [0, 0.05) is 10.2 Å². The highest BCUT2D eigenvalue weighted by Crippen LogP contribution is 2.36. The van der Waals surface area contributed by atoms with E-state index >= 15 is 0 Å². The van der Waals surface area contributed by atoms with Crippen molar-refractivity contribution in [3.8, 4) is 0 Å². The Morgan fingerprint density at radius 3 is 2.67 bits per heavy atom. The number of tetrazole rings is 1. The minimum absolute atomic E-state index is 0.0663. The molecule has 1 fully saturated rings. The van der Waals surface area contributed by atoms with Gasteiger partial charge in [0.2, 0.25) is 5.16 Å². The number of nitrogens with zero attached hydrogens (tertiary/aromatic N) is 4. The Hall–Kier alpha value is -0.930. The molecule has 0 bridgehead atoms. The minimum Gasteiger partial charge on any atom is -0.224 e. The second kappa shape index (κ2) is 6.05. The largest absolute Gasteiger partial charge is 0.224 e. The summed E-state index contributed by atoms with van der Waals surface area (Å²) in [5.41, 5.74) is 0. The molecule has 1 aromatic heterocycles. The van der Waals surface area contributed by atoms with Crippen molar-refractivity contribution in [3.63, 3.8) is 0 Å². The maximum absolute atomic E-state index is 12.2. The van der Waals surface area contributed by atoms with Crippen LogP contribution in [0, 0.1) is 0 Å². The van der Waals surface area contributed by atoms with Crippen LogP contribution in [-0.2, 0) is 9.84 Å². The van der Waals surface area contributed by atoms with Crippen molar-refractivity contribution in [2.75, 3.05) is 11.5 Å². The molecule has 0 unspecified atom stereocenters. The molecule has 0 N–H and O–H groups in total. The Bertz CT molecular complexity index is 726. The summed E-state index contributed by atoms with van der Waals surface area (Å²) >= 11 is 4.68. The fourth-order valence-electron chi connectivity index (χ4n) is 1.83. The summed E-state index contributed by atoms with van der Waals surface area (Å²) in [4.78, 5) is 0.341. The Labute approximate surface area is 135 Å². The van der Waals surface area contributed by atoms with Crippen molar-refractivity contribution in [1.82, 2.24) is 20.2 Å². The molecule has 2 aromatic rings. The molecule has 1 heterocycles. The fraction of sp³-hybridized carbons (Fsp3) is 0.417. The number of hydrogen-bond acceptors (Lipinski definition) is 6. The van der Waals surface area contributed by atoms with Gasteiger partial charge in [-0.1, -0.05) is 27.7 Å². The van der Waals surface area contributed by atoms with E-state index in [1.165, 1.54) is 11.8 Å². The Morgan fingerprint density at radius 1 is 1.29 bits per heavy atom. The average molecular weight is 389 g/mol. The Kier molecular flexibility index (Phi) is 4.32. The van der Waals surface area contributed by atoms with Crippen molar-refractivity contribution in [1.29, 1.82) is 0 Å². The van der Waals surface area contributed by atoms with Gasteiger partial charge in [-0.2, -0.15) is 0 Å². The van der Waals surface area contributed by atoms with Crippen LogP contribution in [-0.4, -0.2) is 40.1 Å². The number of rotatable bonds is 6. The van der Waals surface area contributed by atoms with E-state index in [1.54, 1.807) is 28.9 Å². The monoisotopic (exact) mass is 388 g/mol. The van der Waals surface area contributed by atoms with Crippen molar-refractivity contribution in [2.24, 2.45) is 0 Å². The summed E-state index contributed by atoms with van der Waals surface area (Å²) < 4.78 is 27.1. The molecule has 0 spiro atoms. The SMILES string of the molecule is O=S(=O)(CCSc1nnnn1C1CC1)c1ccc(Br)cc1. The quantitative estimate of drug-likeness (QED) is 0.706. The molecular formula is C12H13BrN4O2S2. The third kappa shape index (κ3) is 3.64. The lowest BCUT2D eigenvalue weighted by molar-refractivity contribution is 0.565. The second-order valence-corrected chi connectivity index (χ2v) is 8.85. The third-order valence-corrected chi connectivity index (χ3v) is 6.57. The summed E-state index contributed by atoms with van der Waals surface area (Å²) in [6.45, 7) is 0. The molecule has 3 rings (SSSR count). The molecule has 0 aliphatic heterocycles. The highest BCUT2D eigenvalue weighted by molar-refractivity contribution is 9.10. The Balaban J connectivity index is 1.61. The van der Waals surface area contributed by atoms with Crippen molar-refractivity contribution < 1.29 is 8.42 Å². The number of sulfone groups is 1. The van der Waals surface area contributed by atoms with Gasteiger partial charge < -0.3 is 0 Å². The van der Waals surface area contributed by atoms with Crippen LogP contribution in [0.25, 0.3) is 0 Å². The predicted molar refractivity (Wildman–Crippen MR) is 83.0 cm³/mol. The lowest BCUT2D eigenvalue weighted by Crippen LogP contribution is -2.09. The van der Waals surface area contributed by atoms with Gasteiger partial charge in [-0.3, -0.25) is 0 Å². The van der Waals surface area contributed by atoms with Gasteiger partial charge in [0.1, 0.15) is 0 Å². The zero-order chi connectivity index (χ0) is 14.9. The van der Waals surface area contributed by atoms with Crippen LogP contribution in [0.5, 0.6) is 0 Å². The van der Waals surface area contributed by atoms with Gasteiger partial charge in [-0.05, 0) is 47.5 Å².